The quantitative estimate of drug-likeness (QED) is 0.665. The van der Waals surface area contributed by atoms with Gasteiger partial charge in [-0.05, 0) is 25.5 Å². The van der Waals surface area contributed by atoms with E-state index in [0.29, 0.717) is 29.1 Å². The van der Waals surface area contributed by atoms with Crippen LogP contribution in [-0.2, 0) is 0 Å². The van der Waals surface area contributed by atoms with Gasteiger partial charge in [-0.2, -0.15) is 0 Å². The number of H-pyrrole nitrogens is 1. The smallest absolute Gasteiger partial charge is 0.183 e. The van der Waals surface area contributed by atoms with Crippen LogP contribution in [0.4, 0.5) is 10.2 Å². The molecule has 0 amide bonds. The summed E-state index contributed by atoms with van der Waals surface area (Å²) < 4.78 is 14.1. The number of anilines is 1. The molecule has 25 heavy (non-hydrogen) atoms. The van der Waals surface area contributed by atoms with Crippen molar-refractivity contribution >= 4 is 28.5 Å². The fourth-order valence-corrected chi connectivity index (χ4v) is 3.26. The second-order valence-electron chi connectivity index (χ2n) is 6.17. The third kappa shape index (κ3) is 3.43. The van der Waals surface area contributed by atoms with Crippen LogP contribution in [0, 0.1) is 5.82 Å². The molecule has 8 heteroatoms. The number of piperidine rings is 1. The van der Waals surface area contributed by atoms with E-state index in [1.807, 2.05) is 0 Å². The van der Waals surface area contributed by atoms with Crippen molar-refractivity contribution in [1.29, 1.82) is 0 Å². The molecule has 6 nitrogen and oxygen atoms in total. The zero-order valence-electron chi connectivity index (χ0n) is 13.5. The van der Waals surface area contributed by atoms with Gasteiger partial charge in [-0.25, -0.2) is 19.3 Å². The number of nitrogens with one attached hydrogen (secondary N) is 3. The first-order valence-electron chi connectivity index (χ1n) is 8.33. The molecular formula is C17H18ClFN6. The van der Waals surface area contributed by atoms with Crippen LogP contribution < -0.4 is 10.6 Å². The minimum atomic E-state index is -0.462. The van der Waals surface area contributed by atoms with Gasteiger partial charge in [-0.1, -0.05) is 18.0 Å². The Labute approximate surface area is 149 Å². The maximum absolute atomic E-state index is 14.1. The Morgan fingerprint density at radius 2 is 2.20 bits per heavy atom. The number of nitrogens with zero attached hydrogens (tertiary/aromatic N) is 3. The lowest BCUT2D eigenvalue weighted by Crippen LogP contribution is -2.39. The zero-order chi connectivity index (χ0) is 17.2. The molecule has 0 saturated carbocycles. The predicted octanol–water partition coefficient (Wildman–Crippen LogP) is 3.37. The summed E-state index contributed by atoms with van der Waals surface area (Å²) in [6, 6.07) is 2.13. The van der Waals surface area contributed by atoms with Crippen LogP contribution in [0.3, 0.4) is 0 Å². The molecule has 1 fully saturated rings. The molecule has 0 aliphatic carbocycles. The van der Waals surface area contributed by atoms with Crippen molar-refractivity contribution in [3.8, 4) is 11.4 Å². The highest BCUT2D eigenvalue weighted by Crippen LogP contribution is 2.28. The van der Waals surface area contributed by atoms with E-state index in [1.165, 1.54) is 19.0 Å². The van der Waals surface area contributed by atoms with E-state index in [2.05, 4.69) is 30.6 Å². The van der Waals surface area contributed by atoms with Gasteiger partial charge in [-0.15, -0.1) is 0 Å². The third-order valence-electron chi connectivity index (χ3n) is 4.41. The van der Waals surface area contributed by atoms with E-state index in [9.17, 15) is 4.39 Å². The van der Waals surface area contributed by atoms with Gasteiger partial charge in [0.05, 0.1) is 11.2 Å². The van der Waals surface area contributed by atoms with Crippen LogP contribution in [0.1, 0.15) is 19.3 Å². The number of hydrogen-bond acceptors (Lipinski definition) is 5. The fraction of sp³-hybridized carbons (Fsp3) is 0.353. The Morgan fingerprint density at radius 1 is 1.28 bits per heavy atom. The molecule has 1 aliphatic rings. The van der Waals surface area contributed by atoms with Crippen LogP contribution >= 0.6 is 11.6 Å². The van der Waals surface area contributed by atoms with Crippen LogP contribution in [0.15, 0.2) is 24.7 Å². The lowest BCUT2D eigenvalue weighted by atomic mass is 10.1. The molecule has 4 rings (SSSR count). The van der Waals surface area contributed by atoms with E-state index in [-0.39, 0.29) is 5.82 Å². The lowest BCUT2D eigenvalue weighted by molar-refractivity contribution is 0.413. The van der Waals surface area contributed by atoms with Crippen LogP contribution in [0.25, 0.3) is 22.4 Å². The maximum atomic E-state index is 14.1. The second-order valence-corrected chi connectivity index (χ2v) is 6.61. The highest BCUT2D eigenvalue weighted by molar-refractivity contribution is 6.31. The molecule has 3 N–H and O–H groups in total. The number of rotatable bonds is 4. The first-order chi connectivity index (χ1) is 12.2. The molecule has 130 valence electrons. The van der Waals surface area contributed by atoms with Crippen molar-refractivity contribution in [2.24, 2.45) is 0 Å². The molecule has 0 radical (unpaired) electrons. The standard InChI is InChI=1S/C17H18ClFN6/c18-10-5-12-13(8-23-15(12)21-6-10)16-24-9-14(19)17(25-16)22-7-11-3-1-2-4-20-11/h5-6,8-9,11,20H,1-4,7H2,(H,21,23)(H,22,24,25)/t11-/m0/s1. The van der Waals surface area contributed by atoms with Crippen molar-refractivity contribution in [2.75, 3.05) is 18.4 Å². The van der Waals surface area contributed by atoms with Gasteiger partial charge in [0.25, 0.3) is 0 Å². The largest absolute Gasteiger partial charge is 0.366 e. The lowest BCUT2D eigenvalue weighted by Gasteiger charge is -2.23. The molecular weight excluding hydrogens is 343 g/mol. The molecule has 3 aromatic rings. The van der Waals surface area contributed by atoms with Crippen molar-refractivity contribution in [3.05, 3.63) is 35.5 Å². The molecule has 3 aromatic heterocycles. The number of hydrogen-bond donors (Lipinski definition) is 3. The van der Waals surface area contributed by atoms with Crippen molar-refractivity contribution in [2.45, 2.75) is 25.3 Å². The summed E-state index contributed by atoms with van der Waals surface area (Å²) >= 11 is 6.03. The predicted molar refractivity (Wildman–Crippen MR) is 96.2 cm³/mol. The number of halogens is 2. The highest BCUT2D eigenvalue weighted by atomic mass is 35.5. The summed E-state index contributed by atoms with van der Waals surface area (Å²) in [5.41, 5.74) is 1.43. The monoisotopic (exact) mass is 360 g/mol. The number of fused-ring (bicyclic) bond motifs is 1. The van der Waals surface area contributed by atoms with Gasteiger partial charge in [0, 0.05) is 35.9 Å². The molecule has 0 aromatic carbocycles. The van der Waals surface area contributed by atoms with Gasteiger partial charge in [0.15, 0.2) is 17.5 Å². The van der Waals surface area contributed by atoms with Crippen molar-refractivity contribution in [1.82, 2.24) is 25.3 Å². The number of aromatic amines is 1. The Hall–Kier alpha value is -2.25. The molecule has 4 heterocycles. The average molecular weight is 361 g/mol. The molecule has 1 aliphatic heterocycles. The minimum absolute atomic E-state index is 0.210. The SMILES string of the molecule is Fc1cnc(-c2c[nH]c3ncc(Cl)cc23)nc1NC[C@@H]1CCCCN1. The summed E-state index contributed by atoms with van der Waals surface area (Å²) in [4.78, 5) is 15.8. The van der Waals surface area contributed by atoms with E-state index >= 15 is 0 Å². The minimum Gasteiger partial charge on any atom is -0.366 e. The normalized spacial score (nSPS) is 17.8. The maximum Gasteiger partial charge on any atom is 0.183 e. The zero-order valence-corrected chi connectivity index (χ0v) is 14.3. The Morgan fingerprint density at radius 3 is 3.04 bits per heavy atom. The van der Waals surface area contributed by atoms with Crippen LogP contribution in [-0.4, -0.2) is 39.1 Å². The van der Waals surface area contributed by atoms with E-state index in [1.54, 1.807) is 18.5 Å². The Balaban J connectivity index is 1.60. The molecule has 0 bridgehead atoms. The van der Waals surface area contributed by atoms with Gasteiger partial charge in [0.1, 0.15) is 5.65 Å². The molecule has 1 saturated heterocycles. The first-order valence-corrected chi connectivity index (χ1v) is 8.71. The second kappa shape index (κ2) is 6.93. The summed E-state index contributed by atoms with van der Waals surface area (Å²) in [5.74, 6) is 0.174. The van der Waals surface area contributed by atoms with Crippen LogP contribution in [0.5, 0.6) is 0 Å². The number of pyridine rings is 1. The first kappa shape index (κ1) is 16.2. The van der Waals surface area contributed by atoms with Crippen molar-refractivity contribution < 1.29 is 4.39 Å². The van der Waals surface area contributed by atoms with Gasteiger partial charge in [-0.3, -0.25) is 0 Å². The summed E-state index contributed by atoms with van der Waals surface area (Å²) in [5, 5.41) is 7.86. The number of aromatic nitrogens is 4. The fourth-order valence-electron chi connectivity index (χ4n) is 3.10. The average Bonchev–Trinajstić information content (AvgIpc) is 3.05. The molecule has 0 spiro atoms. The van der Waals surface area contributed by atoms with E-state index in [0.717, 1.165) is 23.9 Å². The highest BCUT2D eigenvalue weighted by Gasteiger charge is 2.16. The van der Waals surface area contributed by atoms with E-state index in [4.69, 9.17) is 11.6 Å². The van der Waals surface area contributed by atoms with E-state index < -0.39 is 5.82 Å². The molecule has 1 atom stereocenters. The van der Waals surface area contributed by atoms with Crippen molar-refractivity contribution in [3.63, 3.8) is 0 Å². The van der Waals surface area contributed by atoms with Crippen LogP contribution in [0.2, 0.25) is 5.02 Å². The van der Waals surface area contributed by atoms with Gasteiger partial charge >= 0.3 is 0 Å². The third-order valence-corrected chi connectivity index (χ3v) is 4.62. The Bertz CT molecular complexity index is 890. The summed E-state index contributed by atoms with van der Waals surface area (Å²) in [6.07, 6.45) is 7.99. The molecule has 0 unspecified atom stereocenters. The topological polar surface area (TPSA) is 78.5 Å². The summed E-state index contributed by atoms with van der Waals surface area (Å²) in [7, 11) is 0. The summed E-state index contributed by atoms with van der Waals surface area (Å²) in [6.45, 7) is 1.64. The van der Waals surface area contributed by atoms with Gasteiger partial charge in [0.2, 0.25) is 0 Å². The Kier molecular flexibility index (Phi) is 4.50. The van der Waals surface area contributed by atoms with Gasteiger partial charge < -0.3 is 15.6 Å².